The van der Waals surface area contributed by atoms with Crippen molar-refractivity contribution in [2.45, 2.75) is 6.92 Å². The van der Waals surface area contributed by atoms with Crippen LogP contribution in [-0.2, 0) is 25.8 Å². The van der Waals surface area contributed by atoms with Gasteiger partial charge < -0.3 is 20.4 Å². The van der Waals surface area contributed by atoms with E-state index in [1.807, 2.05) is 0 Å². The largest absolute Gasteiger partial charge is 0.855 e. The maximum atomic E-state index is 8.93. The van der Waals surface area contributed by atoms with Crippen LogP contribution in [0.5, 0.6) is 0 Å². The Bertz CT molecular complexity index is 13.6. The zero-order chi connectivity index (χ0) is 8.71. The molecular formula is C5H17HfO4-. The Labute approximate surface area is 81.3 Å². The van der Waals surface area contributed by atoms with Crippen molar-refractivity contribution in [3.63, 3.8) is 0 Å². The summed E-state index contributed by atoms with van der Waals surface area (Å²) in [5.41, 5.74) is 0. The van der Waals surface area contributed by atoms with Gasteiger partial charge in [-0.15, -0.1) is 6.61 Å². The SMILES string of the molecule is CC[O-].CO.CO.CO.[Hf]. The fourth-order valence-electron chi connectivity index (χ4n) is 0. The minimum atomic E-state index is 0. The Morgan fingerprint density at radius 3 is 0.900 bits per heavy atom. The average Bonchev–Trinajstić information content (AvgIpc) is 2.01. The predicted molar refractivity (Wildman–Crippen MR) is 35.0 cm³/mol. The molecule has 0 spiro atoms. The molecule has 0 amide bonds. The monoisotopic (exact) mass is 321 g/mol. The van der Waals surface area contributed by atoms with Gasteiger partial charge in [-0.1, -0.05) is 6.92 Å². The van der Waals surface area contributed by atoms with E-state index in [4.69, 9.17) is 20.4 Å². The van der Waals surface area contributed by atoms with Gasteiger partial charge in [-0.25, -0.2) is 0 Å². The normalized spacial score (nSPS) is 3.60. The summed E-state index contributed by atoms with van der Waals surface area (Å²) < 4.78 is 0. The van der Waals surface area contributed by atoms with Crippen molar-refractivity contribution in [1.82, 2.24) is 0 Å². The fraction of sp³-hybridized carbons (Fsp3) is 1.00. The molecule has 0 aliphatic heterocycles. The van der Waals surface area contributed by atoms with E-state index in [0.29, 0.717) is 0 Å². The van der Waals surface area contributed by atoms with E-state index in [-0.39, 0.29) is 32.5 Å². The van der Waals surface area contributed by atoms with E-state index < -0.39 is 0 Å². The van der Waals surface area contributed by atoms with E-state index in [1.54, 1.807) is 6.92 Å². The van der Waals surface area contributed by atoms with Crippen molar-refractivity contribution in [2.24, 2.45) is 0 Å². The van der Waals surface area contributed by atoms with Crippen LogP contribution in [-0.4, -0.2) is 43.3 Å². The molecule has 0 saturated heterocycles. The van der Waals surface area contributed by atoms with Crippen LogP contribution in [0.2, 0.25) is 0 Å². The molecule has 0 aromatic rings. The number of aliphatic hydroxyl groups is 3. The van der Waals surface area contributed by atoms with Gasteiger partial charge in [0.15, 0.2) is 0 Å². The molecule has 0 aliphatic carbocycles. The zero-order valence-electron chi connectivity index (χ0n) is 6.96. The summed E-state index contributed by atoms with van der Waals surface area (Å²) in [6.07, 6.45) is 0. The van der Waals surface area contributed by atoms with Crippen LogP contribution >= 0.6 is 0 Å². The maximum absolute atomic E-state index is 8.93. The van der Waals surface area contributed by atoms with Gasteiger partial charge in [-0.05, 0) is 0 Å². The topological polar surface area (TPSA) is 83.8 Å². The van der Waals surface area contributed by atoms with Crippen molar-refractivity contribution in [3.8, 4) is 0 Å². The first kappa shape index (κ1) is 31.0. The molecule has 0 radical (unpaired) electrons. The molecule has 0 unspecified atom stereocenters. The number of rotatable bonds is 0. The second-order valence-electron chi connectivity index (χ2n) is 0.289. The van der Waals surface area contributed by atoms with Gasteiger partial charge in [0.1, 0.15) is 0 Å². The van der Waals surface area contributed by atoms with E-state index >= 15 is 0 Å². The van der Waals surface area contributed by atoms with E-state index in [0.717, 1.165) is 21.3 Å². The first-order valence-corrected chi connectivity index (χ1v) is 2.34. The summed E-state index contributed by atoms with van der Waals surface area (Å²) in [5.74, 6) is 0. The number of aliphatic hydroxyl groups excluding tert-OH is 3. The smallest absolute Gasteiger partial charge is 0.0319 e. The van der Waals surface area contributed by atoms with Crippen molar-refractivity contribution < 1.29 is 46.3 Å². The molecule has 0 aromatic carbocycles. The van der Waals surface area contributed by atoms with Gasteiger partial charge in [0.05, 0.1) is 0 Å². The molecule has 0 fully saturated rings. The Hall–Kier alpha value is 0.710. The minimum Gasteiger partial charge on any atom is -0.855 e. The Balaban J connectivity index is -0.0000000110. The van der Waals surface area contributed by atoms with Gasteiger partial charge in [0.2, 0.25) is 0 Å². The van der Waals surface area contributed by atoms with Crippen molar-refractivity contribution >= 4 is 0 Å². The van der Waals surface area contributed by atoms with Gasteiger partial charge in [-0.3, -0.25) is 0 Å². The van der Waals surface area contributed by atoms with Gasteiger partial charge in [-0.2, -0.15) is 0 Å². The first-order chi connectivity index (χ1) is 4.41. The summed E-state index contributed by atoms with van der Waals surface area (Å²) in [4.78, 5) is 0. The number of hydrogen-bond donors (Lipinski definition) is 3. The third-order valence-electron chi connectivity index (χ3n) is 0. The minimum absolute atomic E-state index is 0. The van der Waals surface area contributed by atoms with Crippen LogP contribution in [0.25, 0.3) is 0 Å². The molecule has 0 saturated carbocycles. The second kappa shape index (κ2) is 252. The molecule has 0 aliphatic rings. The van der Waals surface area contributed by atoms with Crippen LogP contribution in [0.4, 0.5) is 0 Å². The standard InChI is InChI=1S/C2H5O.3CH4O.Hf/c1-2-3;3*1-2;/h2H2,1H3;3*2H,1H3;/q-1;;;;. The summed E-state index contributed by atoms with van der Waals surface area (Å²) in [5, 5.41) is 29.9. The second-order valence-corrected chi connectivity index (χ2v) is 0.289. The van der Waals surface area contributed by atoms with E-state index in [1.165, 1.54) is 0 Å². The van der Waals surface area contributed by atoms with Crippen LogP contribution in [0.15, 0.2) is 0 Å². The fourth-order valence-corrected chi connectivity index (χ4v) is 0. The molecular weight excluding hydrogens is 303 g/mol. The Morgan fingerprint density at radius 1 is 0.900 bits per heavy atom. The van der Waals surface area contributed by atoms with Gasteiger partial charge >= 0.3 is 0 Å². The van der Waals surface area contributed by atoms with E-state index in [9.17, 15) is 0 Å². The third kappa shape index (κ3) is 1030. The summed E-state index contributed by atoms with van der Waals surface area (Å²) in [7, 11) is 3.00. The number of hydrogen-bond acceptors (Lipinski definition) is 4. The van der Waals surface area contributed by atoms with Gasteiger partial charge in [0, 0.05) is 47.2 Å². The molecule has 0 heterocycles. The van der Waals surface area contributed by atoms with Crippen molar-refractivity contribution in [3.05, 3.63) is 0 Å². The predicted octanol–water partition coefficient (Wildman–Crippen LogP) is -1.81. The molecule has 10 heavy (non-hydrogen) atoms. The molecule has 66 valence electrons. The average molecular weight is 320 g/mol. The van der Waals surface area contributed by atoms with E-state index in [2.05, 4.69) is 0 Å². The molecule has 0 bridgehead atoms. The van der Waals surface area contributed by atoms with Crippen molar-refractivity contribution in [2.75, 3.05) is 27.9 Å². The molecule has 3 N–H and O–H groups in total. The molecule has 0 rings (SSSR count). The van der Waals surface area contributed by atoms with Gasteiger partial charge in [0.25, 0.3) is 0 Å². The van der Waals surface area contributed by atoms with Crippen LogP contribution in [0.1, 0.15) is 6.92 Å². The quantitative estimate of drug-likeness (QED) is 0.460. The summed E-state index contributed by atoms with van der Waals surface area (Å²) in [6.45, 7) is 1.57. The summed E-state index contributed by atoms with van der Waals surface area (Å²) >= 11 is 0. The Kier molecular flexibility index (Phi) is 780. The van der Waals surface area contributed by atoms with Crippen LogP contribution < -0.4 is 5.11 Å². The van der Waals surface area contributed by atoms with Crippen LogP contribution in [0, 0.1) is 0 Å². The van der Waals surface area contributed by atoms with Crippen LogP contribution in [0.3, 0.4) is 0 Å². The maximum Gasteiger partial charge on any atom is 0.0319 e. The molecule has 5 heteroatoms. The first-order valence-electron chi connectivity index (χ1n) is 2.34. The summed E-state index contributed by atoms with van der Waals surface area (Å²) in [6, 6.07) is 0. The molecule has 0 atom stereocenters. The zero-order valence-corrected chi connectivity index (χ0v) is 10.5. The molecule has 0 aromatic heterocycles. The molecule has 4 nitrogen and oxygen atoms in total. The van der Waals surface area contributed by atoms with Crippen molar-refractivity contribution in [1.29, 1.82) is 0 Å². The Morgan fingerprint density at radius 2 is 0.900 bits per heavy atom. The third-order valence-corrected chi connectivity index (χ3v) is 0.